The highest BCUT2D eigenvalue weighted by atomic mass is 16.4. The van der Waals surface area contributed by atoms with Crippen LogP contribution in [0.25, 0.3) is 0 Å². The van der Waals surface area contributed by atoms with Gasteiger partial charge in [0.05, 0.1) is 0 Å². The van der Waals surface area contributed by atoms with E-state index < -0.39 is 103 Å². The molecule has 1 aliphatic rings. The van der Waals surface area contributed by atoms with E-state index >= 15 is 0 Å². The molecule has 1 fully saturated rings. The van der Waals surface area contributed by atoms with Crippen LogP contribution in [-0.4, -0.2) is 104 Å². The summed E-state index contributed by atoms with van der Waals surface area (Å²) in [6.07, 6.45) is -0.747. The molecule has 17 nitrogen and oxygen atoms in total. The average molecular weight is 691 g/mol. The van der Waals surface area contributed by atoms with Crippen molar-refractivity contribution in [2.24, 2.45) is 11.7 Å². The molecule has 270 valence electrons. The molecule has 49 heavy (non-hydrogen) atoms. The topological polar surface area (TPSA) is 275 Å². The van der Waals surface area contributed by atoms with Crippen LogP contribution in [-0.2, 0) is 44.8 Å². The second-order valence-electron chi connectivity index (χ2n) is 12.1. The summed E-state index contributed by atoms with van der Waals surface area (Å²) in [5, 5.41) is 38.1. The Morgan fingerprint density at radius 2 is 1.35 bits per heavy atom. The van der Waals surface area contributed by atoms with E-state index in [1.807, 2.05) is 0 Å². The van der Waals surface area contributed by atoms with Gasteiger partial charge in [-0.25, -0.2) is 0 Å². The minimum absolute atomic E-state index is 0.0463. The fraction of sp³-hybridized carbons (Fsp3) is 0.562. The number of likely N-dealkylation sites (tertiary alicyclic amines) is 1. The Morgan fingerprint density at radius 1 is 0.837 bits per heavy atom. The van der Waals surface area contributed by atoms with Gasteiger partial charge in [0.2, 0.25) is 35.4 Å². The van der Waals surface area contributed by atoms with Crippen molar-refractivity contribution in [3.05, 3.63) is 29.8 Å². The van der Waals surface area contributed by atoms with Gasteiger partial charge in [-0.15, -0.1) is 0 Å². The second kappa shape index (κ2) is 18.9. The van der Waals surface area contributed by atoms with Gasteiger partial charge in [-0.1, -0.05) is 32.4 Å². The predicted octanol–water partition coefficient (Wildman–Crippen LogP) is -0.854. The zero-order valence-corrected chi connectivity index (χ0v) is 27.8. The Labute approximate surface area is 283 Å². The van der Waals surface area contributed by atoms with Gasteiger partial charge in [-0.05, 0) is 49.3 Å². The number of benzene rings is 1. The average Bonchev–Trinajstić information content (AvgIpc) is 3.54. The summed E-state index contributed by atoms with van der Waals surface area (Å²) in [5.41, 5.74) is 5.95. The first kappa shape index (κ1) is 40.0. The molecule has 0 saturated carbocycles. The Hall–Kier alpha value is -5.22. The Bertz CT molecular complexity index is 1390. The number of rotatable bonds is 19. The molecule has 1 saturated heterocycles. The third-order valence-electron chi connectivity index (χ3n) is 8.35. The van der Waals surface area contributed by atoms with Gasteiger partial charge in [-0.3, -0.25) is 38.4 Å². The van der Waals surface area contributed by atoms with Gasteiger partial charge in [0.1, 0.15) is 36.0 Å². The molecule has 1 heterocycles. The van der Waals surface area contributed by atoms with Crippen LogP contribution in [0.15, 0.2) is 24.3 Å². The fourth-order valence-electron chi connectivity index (χ4n) is 5.36. The predicted molar refractivity (Wildman–Crippen MR) is 172 cm³/mol. The van der Waals surface area contributed by atoms with Crippen molar-refractivity contribution in [3.8, 4) is 5.75 Å². The van der Waals surface area contributed by atoms with E-state index in [4.69, 9.17) is 5.73 Å². The van der Waals surface area contributed by atoms with E-state index in [1.165, 1.54) is 36.1 Å². The van der Waals surface area contributed by atoms with Crippen molar-refractivity contribution < 1.29 is 53.7 Å². The van der Waals surface area contributed by atoms with Crippen molar-refractivity contribution in [2.75, 3.05) is 6.54 Å². The number of hydrogen-bond acceptors (Lipinski definition) is 9. The highest BCUT2D eigenvalue weighted by Gasteiger charge is 2.36. The molecule has 1 aromatic rings. The summed E-state index contributed by atoms with van der Waals surface area (Å²) in [4.78, 5) is 102. The Kier molecular flexibility index (Phi) is 15.4. The number of carboxylic acid groups (broad SMARTS) is 2. The summed E-state index contributed by atoms with van der Waals surface area (Å²) in [7, 11) is 0. The molecule has 17 heteroatoms. The van der Waals surface area contributed by atoms with E-state index in [2.05, 4.69) is 21.3 Å². The Balaban J connectivity index is 2.36. The van der Waals surface area contributed by atoms with Gasteiger partial charge >= 0.3 is 11.9 Å². The standard InChI is InChI=1S/C32H46N6O11/c1-4-17(2)27(28(33)45)37-30(47)22(12-14-26(43)44)34-29(46)21(11-13-25(41)42)35-31(48)23(16-19-7-9-20(40)10-8-19)36-32(49)24-6-5-15-38(24)18(3)39/h7-10,17,21-24,27,40H,4-6,11-16H2,1-3H3,(H2,33,45)(H,34,46)(H,35,48)(H,36,49)(H,37,47)(H,41,42)(H,43,44)/t17-,21-,22-,23-,24-,27-/m0/s1. The number of nitrogens with zero attached hydrogens (tertiary/aromatic N) is 1. The van der Waals surface area contributed by atoms with E-state index in [0.717, 1.165) is 0 Å². The lowest BCUT2D eigenvalue weighted by Crippen LogP contribution is -2.59. The van der Waals surface area contributed by atoms with Crippen LogP contribution in [0.4, 0.5) is 0 Å². The Morgan fingerprint density at radius 3 is 1.82 bits per heavy atom. The van der Waals surface area contributed by atoms with E-state index in [-0.39, 0.29) is 18.1 Å². The number of aromatic hydroxyl groups is 1. The van der Waals surface area contributed by atoms with Gasteiger partial charge in [0, 0.05) is 32.7 Å². The normalized spacial score (nSPS) is 17.0. The highest BCUT2D eigenvalue weighted by Crippen LogP contribution is 2.18. The first-order valence-electron chi connectivity index (χ1n) is 16.0. The fourth-order valence-corrected chi connectivity index (χ4v) is 5.36. The molecule has 1 aromatic carbocycles. The number of nitrogens with two attached hydrogens (primary N) is 1. The summed E-state index contributed by atoms with van der Waals surface area (Å²) < 4.78 is 0. The van der Waals surface area contributed by atoms with Crippen molar-refractivity contribution >= 4 is 47.4 Å². The van der Waals surface area contributed by atoms with Crippen LogP contribution in [0, 0.1) is 5.92 Å². The third kappa shape index (κ3) is 12.7. The lowest BCUT2D eigenvalue weighted by Gasteiger charge is -2.28. The van der Waals surface area contributed by atoms with Gasteiger partial charge < -0.3 is 47.2 Å². The molecule has 6 amide bonds. The number of nitrogens with one attached hydrogen (secondary N) is 4. The van der Waals surface area contributed by atoms with Crippen LogP contribution in [0.1, 0.15) is 71.3 Å². The lowest BCUT2D eigenvalue weighted by molar-refractivity contribution is -0.140. The third-order valence-corrected chi connectivity index (χ3v) is 8.35. The SMILES string of the molecule is CC[C@H](C)[C@H](NC(=O)[C@H](CCC(=O)O)NC(=O)[C@H](CCC(=O)O)NC(=O)[C@H](Cc1ccc(O)cc1)NC(=O)[C@@H]1CCCN1C(C)=O)C(N)=O. The van der Waals surface area contributed by atoms with Crippen molar-refractivity contribution in [3.63, 3.8) is 0 Å². The molecule has 0 unspecified atom stereocenters. The first-order chi connectivity index (χ1) is 23.0. The summed E-state index contributed by atoms with van der Waals surface area (Å²) in [6.45, 7) is 5.10. The molecule has 9 N–H and O–H groups in total. The number of carbonyl (C=O) groups excluding carboxylic acids is 6. The molecule has 0 spiro atoms. The number of amides is 6. The molecule has 6 atom stereocenters. The van der Waals surface area contributed by atoms with Crippen LogP contribution in [0.2, 0.25) is 0 Å². The van der Waals surface area contributed by atoms with E-state index in [9.17, 15) is 53.7 Å². The van der Waals surface area contributed by atoms with E-state index in [0.29, 0.717) is 31.4 Å². The van der Waals surface area contributed by atoms with E-state index in [1.54, 1.807) is 13.8 Å². The molecule has 0 aliphatic carbocycles. The molecule has 0 radical (unpaired) electrons. The minimum atomic E-state index is -1.57. The van der Waals surface area contributed by atoms with Gasteiger partial charge in [0.25, 0.3) is 0 Å². The van der Waals surface area contributed by atoms with Crippen LogP contribution in [0.3, 0.4) is 0 Å². The summed E-state index contributed by atoms with van der Waals surface area (Å²) in [5.74, 6) is -7.63. The quantitative estimate of drug-likeness (QED) is 0.0885. The second-order valence-corrected chi connectivity index (χ2v) is 12.1. The largest absolute Gasteiger partial charge is 0.508 e. The maximum Gasteiger partial charge on any atom is 0.303 e. The number of carbonyl (C=O) groups is 8. The number of phenols is 1. The smallest absolute Gasteiger partial charge is 0.303 e. The van der Waals surface area contributed by atoms with Crippen molar-refractivity contribution in [2.45, 2.75) is 102 Å². The number of phenolic OH excluding ortho intramolecular Hbond substituents is 1. The zero-order chi connectivity index (χ0) is 36.8. The van der Waals surface area contributed by atoms with Crippen molar-refractivity contribution in [1.82, 2.24) is 26.2 Å². The number of aliphatic carboxylic acids is 2. The molecule has 0 bridgehead atoms. The molecular weight excluding hydrogens is 644 g/mol. The molecule has 0 aromatic heterocycles. The van der Waals surface area contributed by atoms with Crippen molar-refractivity contribution in [1.29, 1.82) is 0 Å². The van der Waals surface area contributed by atoms with Crippen LogP contribution in [0.5, 0.6) is 5.75 Å². The molecular formula is C32H46N6O11. The molecule has 1 aliphatic heterocycles. The number of carboxylic acids is 2. The van der Waals surface area contributed by atoms with Crippen LogP contribution >= 0.6 is 0 Å². The number of hydrogen-bond donors (Lipinski definition) is 8. The minimum Gasteiger partial charge on any atom is -0.508 e. The number of primary amides is 1. The molecule has 2 rings (SSSR count). The zero-order valence-electron chi connectivity index (χ0n) is 27.8. The summed E-state index contributed by atoms with van der Waals surface area (Å²) in [6, 6.07) is -0.609. The lowest BCUT2D eigenvalue weighted by atomic mass is 9.97. The maximum absolute atomic E-state index is 13.7. The maximum atomic E-state index is 13.7. The monoisotopic (exact) mass is 690 g/mol. The highest BCUT2D eigenvalue weighted by molar-refractivity contribution is 5.96. The first-order valence-corrected chi connectivity index (χ1v) is 16.0. The van der Waals surface area contributed by atoms with Gasteiger partial charge in [-0.2, -0.15) is 0 Å². The van der Waals surface area contributed by atoms with Crippen LogP contribution < -0.4 is 27.0 Å². The van der Waals surface area contributed by atoms with Gasteiger partial charge in [0.15, 0.2) is 0 Å². The summed E-state index contributed by atoms with van der Waals surface area (Å²) >= 11 is 0.